The number of ether oxygens (including phenoxy) is 1. The van der Waals surface area contributed by atoms with Crippen LogP contribution in [0.5, 0.6) is 0 Å². The van der Waals surface area contributed by atoms with E-state index in [2.05, 4.69) is 10.6 Å². The minimum atomic E-state index is -1.11. The summed E-state index contributed by atoms with van der Waals surface area (Å²) in [5.74, 6) is -1.82. The Morgan fingerprint density at radius 3 is 2.26 bits per heavy atom. The number of benzene rings is 2. The van der Waals surface area contributed by atoms with Crippen molar-refractivity contribution in [3.8, 4) is 11.1 Å². The molecule has 4 rings (SSSR count). The number of hydrogen-bond donors (Lipinski definition) is 4. The first kappa shape index (κ1) is 24.4. The average molecular weight is 495 g/mol. The zero-order valence-corrected chi connectivity index (χ0v) is 19.7. The Morgan fingerprint density at radius 2 is 1.66 bits per heavy atom. The fourth-order valence-corrected chi connectivity index (χ4v) is 4.93. The number of aliphatic hydroxyl groups is 1. The van der Waals surface area contributed by atoms with Crippen molar-refractivity contribution in [1.82, 2.24) is 10.6 Å². The van der Waals surface area contributed by atoms with Crippen LogP contribution in [0.1, 0.15) is 41.6 Å². The van der Waals surface area contributed by atoms with Gasteiger partial charge in [0.2, 0.25) is 5.91 Å². The van der Waals surface area contributed by atoms with Crippen LogP contribution in [0, 0.1) is 0 Å². The van der Waals surface area contributed by atoms with Crippen LogP contribution in [0.3, 0.4) is 0 Å². The van der Waals surface area contributed by atoms with E-state index in [1.807, 2.05) is 53.9 Å². The molecule has 0 spiro atoms. The van der Waals surface area contributed by atoms with Crippen molar-refractivity contribution in [1.29, 1.82) is 0 Å². The molecule has 1 aliphatic rings. The summed E-state index contributed by atoms with van der Waals surface area (Å²) < 4.78 is 5.49. The van der Waals surface area contributed by atoms with Gasteiger partial charge in [0.25, 0.3) is 0 Å². The van der Waals surface area contributed by atoms with Crippen LogP contribution in [-0.2, 0) is 14.3 Å². The number of carboxylic acid groups (broad SMARTS) is 1. The van der Waals surface area contributed by atoms with Crippen LogP contribution in [0.4, 0.5) is 4.79 Å². The predicted octanol–water partition coefficient (Wildman–Crippen LogP) is 3.67. The van der Waals surface area contributed by atoms with Crippen molar-refractivity contribution in [2.24, 2.45) is 0 Å². The third-order valence-corrected chi connectivity index (χ3v) is 6.70. The lowest BCUT2D eigenvalue weighted by Crippen LogP contribution is -2.48. The Balaban J connectivity index is 1.37. The highest BCUT2D eigenvalue weighted by Gasteiger charge is 2.30. The molecule has 2 aromatic carbocycles. The number of fused-ring (bicyclic) bond motifs is 3. The molecule has 2 amide bonds. The molecule has 0 saturated heterocycles. The van der Waals surface area contributed by atoms with Crippen molar-refractivity contribution >= 4 is 29.3 Å². The second-order valence-electron chi connectivity index (χ2n) is 8.27. The van der Waals surface area contributed by atoms with Crippen LogP contribution < -0.4 is 10.6 Å². The van der Waals surface area contributed by atoms with Gasteiger partial charge in [0.15, 0.2) is 0 Å². The summed E-state index contributed by atoms with van der Waals surface area (Å²) in [6.45, 7) is 0.00943. The fourth-order valence-electron chi connectivity index (χ4n) is 4.22. The molecule has 35 heavy (non-hydrogen) atoms. The van der Waals surface area contributed by atoms with E-state index >= 15 is 0 Å². The Bertz CT molecular complexity index is 1150. The molecule has 0 radical (unpaired) electrons. The molecule has 1 aliphatic carbocycles. The first-order chi connectivity index (χ1) is 16.9. The van der Waals surface area contributed by atoms with Gasteiger partial charge in [-0.05, 0) is 51.1 Å². The third-order valence-electron chi connectivity index (χ3n) is 6.00. The summed E-state index contributed by atoms with van der Waals surface area (Å²) in [7, 11) is 0. The lowest BCUT2D eigenvalue weighted by Gasteiger charge is -2.20. The van der Waals surface area contributed by atoms with Gasteiger partial charge in [-0.2, -0.15) is 11.3 Å². The number of rotatable bonds is 10. The fraction of sp³-hybridized carbons (Fsp3) is 0.269. The first-order valence-corrected chi connectivity index (χ1v) is 12.2. The Hall–Kier alpha value is -3.69. The van der Waals surface area contributed by atoms with Crippen molar-refractivity contribution in [3.63, 3.8) is 0 Å². The standard InChI is InChI=1S/C26H26N2O6S/c29-23(16-11-12-35-15-16)13-27-25(32)22(9-10-24(30)31)28-26(33)34-14-21-19-7-3-1-5-17(19)18-6-2-4-8-20(18)21/h1-8,11-12,15,21-23,29H,9-10,13-14H2,(H,27,32)(H,28,33)(H,30,31). The van der Waals surface area contributed by atoms with E-state index in [1.54, 1.807) is 11.4 Å². The minimum absolute atomic E-state index is 0.0640. The molecule has 2 atom stereocenters. The lowest BCUT2D eigenvalue weighted by molar-refractivity contribution is -0.137. The van der Waals surface area contributed by atoms with Gasteiger partial charge in [0.05, 0.1) is 6.10 Å². The summed E-state index contributed by atoms with van der Waals surface area (Å²) in [4.78, 5) is 36.3. The highest BCUT2D eigenvalue weighted by Crippen LogP contribution is 2.44. The zero-order valence-electron chi connectivity index (χ0n) is 18.8. The van der Waals surface area contributed by atoms with Gasteiger partial charge in [0, 0.05) is 18.9 Å². The van der Waals surface area contributed by atoms with Gasteiger partial charge in [0.1, 0.15) is 12.6 Å². The number of alkyl carbamates (subject to hydrolysis) is 1. The van der Waals surface area contributed by atoms with Gasteiger partial charge < -0.3 is 25.6 Å². The molecule has 4 N–H and O–H groups in total. The van der Waals surface area contributed by atoms with E-state index in [0.717, 1.165) is 22.3 Å². The average Bonchev–Trinajstić information content (AvgIpc) is 3.50. The molecule has 0 bridgehead atoms. The molecule has 2 unspecified atom stereocenters. The van der Waals surface area contributed by atoms with Crippen LogP contribution >= 0.6 is 11.3 Å². The third kappa shape index (κ3) is 5.87. The van der Waals surface area contributed by atoms with E-state index in [-0.39, 0.29) is 31.9 Å². The molecule has 0 fully saturated rings. The molecular weight excluding hydrogens is 468 g/mol. The quantitative estimate of drug-likeness (QED) is 0.341. The van der Waals surface area contributed by atoms with Crippen LogP contribution in [0.2, 0.25) is 0 Å². The summed E-state index contributed by atoms with van der Waals surface area (Å²) in [6.07, 6.45) is -2.13. The number of thiophene rings is 1. The van der Waals surface area contributed by atoms with E-state index in [1.165, 1.54) is 11.3 Å². The Morgan fingerprint density at radius 1 is 1.00 bits per heavy atom. The Labute approximate surface area is 206 Å². The lowest BCUT2D eigenvalue weighted by atomic mass is 9.98. The summed E-state index contributed by atoms with van der Waals surface area (Å²) >= 11 is 1.42. The second kappa shape index (κ2) is 11.2. The molecule has 0 aliphatic heterocycles. The minimum Gasteiger partial charge on any atom is -0.481 e. The number of carboxylic acids is 1. The highest BCUT2D eigenvalue weighted by atomic mass is 32.1. The van der Waals surface area contributed by atoms with Crippen molar-refractivity contribution in [2.45, 2.75) is 30.9 Å². The molecule has 0 saturated carbocycles. The predicted molar refractivity (Wildman–Crippen MR) is 131 cm³/mol. The molecular formula is C26H26N2O6S. The smallest absolute Gasteiger partial charge is 0.407 e. The molecule has 9 heteroatoms. The molecule has 8 nitrogen and oxygen atoms in total. The van der Waals surface area contributed by atoms with E-state index in [0.29, 0.717) is 5.56 Å². The maximum absolute atomic E-state index is 12.7. The summed E-state index contributed by atoms with van der Waals surface area (Å²) in [6, 6.07) is 16.5. The van der Waals surface area contributed by atoms with Crippen LogP contribution in [0.15, 0.2) is 65.4 Å². The monoisotopic (exact) mass is 494 g/mol. The SMILES string of the molecule is O=C(O)CCC(NC(=O)OCC1c2ccccc2-c2ccccc21)C(=O)NCC(O)c1ccsc1. The molecule has 3 aromatic rings. The molecule has 1 aromatic heterocycles. The van der Waals surface area contributed by atoms with Crippen molar-refractivity contribution in [2.75, 3.05) is 13.2 Å². The van der Waals surface area contributed by atoms with Gasteiger partial charge in [-0.1, -0.05) is 48.5 Å². The zero-order chi connectivity index (χ0) is 24.8. The number of amides is 2. The van der Waals surface area contributed by atoms with Crippen molar-refractivity contribution < 1.29 is 29.3 Å². The summed E-state index contributed by atoms with van der Waals surface area (Å²) in [5, 5.41) is 27.9. The number of nitrogens with one attached hydrogen (secondary N) is 2. The van der Waals surface area contributed by atoms with Crippen molar-refractivity contribution in [3.05, 3.63) is 82.0 Å². The maximum atomic E-state index is 12.7. The van der Waals surface area contributed by atoms with Crippen LogP contribution in [0.25, 0.3) is 11.1 Å². The first-order valence-electron chi connectivity index (χ1n) is 11.2. The molecule has 1 heterocycles. The van der Waals surface area contributed by atoms with Gasteiger partial charge in [-0.15, -0.1) is 0 Å². The van der Waals surface area contributed by atoms with E-state index in [4.69, 9.17) is 9.84 Å². The van der Waals surface area contributed by atoms with Gasteiger partial charge >= 0.3 is 12.1 Å². The van der Waals surface area contributed by atoms with Gasteiger partial charge in [-0.3, -0.25) is 9.59 Å². The summed E-state index contributed by atoms with van der Waals surface area (Å²) in [5.41, 5.74) is 4.98. The van der Waals surface area contributed by atoms with E-state index < -0.39 is 30.1 Å². The topological polar surface area (TPSA) is 125 Å². The largest absolute Gasteiger partial charge is 0.481 e. The van der Waals surface area contributed by atoms with E-state index in [9.17, 15) is 19.5 Å². The number of carbonyl (C=O) groups excluding carboxylic acids is 2. The number of aliphatic carboxylic acids is 1. The normalized spacial score (nSPS) is 13.9. The highest BCUT2D eigenvalue weighted by molar-refractivity contribution is 7.07. The maximum Gasteiger partial charge on any atom is 0.407 e. The second-order valence-corrected chi connectivity index (χ2v) is 9.05. The number of hydrogen-bond acceptors (Lipinski definition) is 6. The number of carbonyl (C=O) groups is 3. The Kier molecular flexibility index (Phi) is 7.79. The number of aliphatic hydroxyl groups excluding tert-OH is 1. The van der Waals surface area contributed by atoms with Gasteiger partial charge in [-0.25, -0.2) is 4.79 Å². The molecule has 182 valence electrons. The van der Waals surface area contributed by atoms with Crippen LogP contribution in [-0.4, -0.2) is 47.4 Å².